The quantitative estimate of drug-likeness (QED) is 0.682. The fourth-order valence-corrected chi connectivity index (χ4v) is 4.30. The van der Waals surface area contributed by atoms with Gasteiger partial charge in [0, 0.05) is 30.2 Å². The molecule has 1 aliphatic rings. The standard InChI is InChI=1S/C23H24FN3O2/c1-15-10-16(2)13-26(12-15)22(28)19-11-17-7-5-9-25-21(17)27(23(19)29)14-18-6-3-4-8-20(18)24/h3-9,11,15-16H,10,12-14H2,1-2H3/t15-,16+. The summed E-state index contributed by atoms with van der Waals surface area (Å²) in [6.45, 7) is 5.54. The maximum absolute atomic E-state index is 14.2. The Labute approximate surface area is 168 Å². The topological polar surface area (TPSA) is 55.2 Å². The number of fused-ring (bicyclic) bond motifs is 1. The second-order valence-corrected chi connectivity index (χ2v) is 8.11. The number of hydrogen-bond donors (Lipinski definition) is 0. The van der Waals surface area contributed by atoms with Crippen molar-refractivity contribution in [1.29, 1.82) is 0 Å². The number of likely N-dealkylation sites (tertiary alicyclic amines) is 1. The molecule has 0 aliphatic carbocycles. The van der Waals surface area contributed by atoms with E-state index in [2.05, 4.69) is 18.8 Å². The third-order valence-electron chi connectivity index (χ3n) is 5.52. The minimum atomic E-state index is -0.435. The van der Waals surface area contributed by atoms with Gasteiger partial charge in [0.15, 0.2) is 0 Å². The lowest BCUT2D eigenvalue weighted by Gasteiger charge is -2.35. The molecule has 0 N–H and O–H groups in total. The van der Waals surface area contributed by atoms with Crippen LogP contribution in [0.3, 0.4) is 0 Å². The van der Waals surface area contributed by atoms with E-state index in [4.69, 9.17) is 0 Å². The molecule has 1 aromatic carbocycles. The highest BCUT2D eigenvalue weighted by Gasteiger charge is 2.28. The van der Waals surface area contributed by atoms with E-state index in [1.807, 2.05) is 6.07 Å². The Kier molecular flexibility index (Phi) is 5.18. The van der Waals surface area contributed by atoms with E-state index in [-0.39, 0.29) is 23.8 Å². The van der Waals surface area contributed by atoms with E-state index in [9.17, 15) is 14.0 Å². The molecule has 3 heterocycles. The van der Waals surface area contributed by atoms with Crippen LogP contribution >= 0.6 is 0 Å². The van der Waals surface area contributed by atoms with E-state index < -0.39 is 5.56 Å². The first-order valence-electron chi connectivity index (χ1n) is 9.95. The van der Waals surface area contributed by atoms with Crippen LogP contribution in [0.2, 0.25) is 0 Å². The summed E-state index contributed by atoms with van der Waals surface area (Å²) in [6.07, 6.45) is 2.66. The number of carbonyl (C=O) groups is 1. The van der Waals surface area contributed by atoms with E-state index in [1.165, 1.54) is 10.6 Å². The third kappa shape index (κ3) is 3.79. The highest BCUT2D eigenvalue weighted by atomic mass is 19.1. The van der Waals surface area contributed by atoms with Crippen LogP contribution in [-0.4, -0.2) is 33.4 Å². The van der Waals surface area contributed by atoms with Crippen molar-refractivity contribution < 1.29 is 9.18 Å². The SMILES string of the molecule is C[C@@H]1C[C@H](C)CN(C(=O)c2cc3cccnc3n(Cc3ccccc3F)c2=O)C1. The van der Waals surface area contributed by atoms with Gasteiger partial charge in [-0.05, 0) is 42.5 Å². The van der Waals surface area contributed by atoms with Gasteiger partial charge in [0.2, 0.25) is 0 Å². The van der Waals surface area contributed by atoms with E-state index in [0.29, 0.717) is 41.5 Å². The first kappa shape index (κ1) is 19.3. The maximum atomic E-state index is 14.2. The van der Waals surface area contributed by atoms with Crippen molar-refractivity contribution in [2.24, 2.45) is 11.8 Å². The molecular formula is C23H24FN3O2. The molecule has 150 valence electrons. The smallest absolute Gasteiger partial charge is 0.265 e. The molecule has 2 aromatic heterocycles. The van der Waals surface area contributed by atoms with Gasteiger partial charge in [0.25, 0.3) is 11.5 Å². The lowest BCUT2D eigenvalue weighted by molar-refractivity contribution is 0.0621. The average Bonchev–Trinajstić information content (AvgIpc) is 2.70. The number of aromatic nitrogens is 2. The first-order valence-corrected chi connectivity index (χ1v) is 9.95. The molecule has 29 heavy (non-hydrogen) atoms. The van der Waals surface area contributed by atoms with Crippen molar-refractivity contribution in [1.82, 2.24) is 14.5 Å². The summed E-state index contributed by atoms with van der Waals surface area (Å²) in [5.74, 6) is 0.135. The molecule has 1 saturated heterocycles. The van der Waals surface area contributed by atoms with Crippen molar-refractivity contribution in [2.75, 3.05) is 13.1 Å². The Balaban J connectivity index is 1.81. The van der Waals surface area contributed by atoms with Gasteiger partial charge in [-0.2, -0.15) is 0 Å². The number of halogens is 1. The predicted octanol–water partition coefficient (Wildman–Crippen LogP) is 3.70. The zero-order valence-electron chi connectivity index (χ0n) is 16.6. The van der Waals surface area contributed by atoms with Crippen LogP contribution in [0.25, 0.3) is 11.0 Å². The van der Waals surface area contributed by atoms with Crippen molar-refractivity contribution in [3.8, 4) is 0 Å². The molecule has 4 rings (SSSR count). The normalized spacial score (nSPS) is 19.5. The van der Waals surface area contributed by atoms with Crippen molar-refractivity contribution in [3.05, 3.63) is 76.0 Å². The highest BCUT2D eigenvalue weighted by Crippen LogP contribution is 2.23. The molecule has 5 nitrogen and oxygen atoms in total. The maximum Gasteiger partial charge on any atom is 0.265 e. The molecule has 1 fully saturated rings. The van der Waals surface area contributed by atoms with Crippen LogP contribution in [0, 0.1) is 17.7 Å². The summed E-state index contributed by atoms with van der Waals surface area (Å²) in [4.78, 5) is 32.6. The summed E-state index contributed by atoms with van der Waals surface area (Å²) < 4.78 is 15.6. The minimum Gasteiger partial charge on any atom is -0.338 e. The van der Waals surface area contributed by atoms with Gasteiger partial charge >= 0.3 is 0 Å². The Morgan fingerprint density at radius 1 is 1.14 bits per heavy atom. The number of amides is 1. The lowest BCUT2D eigenvalue weighted by atomic mass is 9.91. The summed E-state index contributed by atoms with van der Waals surface area (Å²) in [5.41, 5.74) is 0.502. The molecule has 0 saturated carbocycles. The molecule has 3 aromatic rings. The summed E-state index contributed by atoms with van der Waals surface area (Å²) >= 11 is 0. The van der Waals surface area contributed by atoms with Gasteiger partial charge in [-0.15, -0.1) is 0 Å². The van der Waals surface area contributed by atoms with Gasteiger partial charge in [0.05, 0.1) is 6.54 Å². The van der Waals surface area contributed by atoms with Crippen LogP contribution in [0.5, 0.6) is 0 Å². The second kappa shape index (κ2) is 7.78. The number of rotatable bonds is 3. The zero-order chi connectivity index (χ0) is 20.5. The first-order chi connectivity index (χ1) is 13.9. The number of nitrogens with zero attached hydrogens (tertiary/aromatic N) is 3. The molecule has 0 bridgehead atoms. The molecule has 1 aliphatic heterocycles. The minimum absolute atomic E-state index is 0.0208. The third-order valence-corrected chi connectivity index (χ3v) is 5.52. The Morgan fingerprint density at radius 2 is 1.86 bits per heavy atom. The second-order valence-electron chi connectivity index (χ2n) is 8.11. The molecule has 2 atom stereocenters. The van der Waals surface area contributed by atoms with Gasteiger partial charge in [0.1, 0.15) is 17.0 Å². The van der Waals surface area contributed by atoms with Gasteiger partial charge in [-0.25, -0.2) is 9.37 Å². The Morgan fingerprint density at radius 3 is 2.59 bits per heavy atom. The van der Waals surface area contributed by atoms with Gasteiger partial charge in [-0.1, -0.05) is 32.0 Å². The van der Waals surface area contributed by atoms with Crippen LogP contribution in [0.4, 0.5) is 4.39 Å². The monoisotopic (exact) mass is 393 g/mol. The fraction of sp³-hybridized carbons (Fsp3) is 0.348. The summed E-state index contributed by atoms with van der Waals surface area (Å²) in [6, 6.07) is 11.5. The predicted molar refractivity (Wildman–Crippen MR) is 110 cm³/mol. The molecular weight excluding hydrogens is 369 g/mol. The van der Waals surface area contributed by atoms with Crippen LogP contribution in [-0.2, 0) is 6.54 Å². The fourth-order valence-electron chi connectivity index (χ4n) is 4.30. The highest BCUT2D eigenvalue weighted by molar-refractivity contribution is 5.97. The number of hydrogen-bond acceptors (Lipinski definition) is 3. The van der Waals surface area contributed by atoms with Crippen LogP contribution in [0.15, 0.2) is 53.5 Å². The number of carbonyl (C=O) groups excluding carboxylic acids is 1. The summed E-state index contributed by atoms with van der Waals surface area (Å²) in [7, 11) is 0. The molecule has 0 radical (unpaired) electrons. The lowest BCUT2D eigenvalue weighted by Crippen LogP contribution is -2.44. The zero-order valence-corrected chi connectivity index (χ0v) is 16.6. The molecule has 1 amide bonds. The van der Waals surface area contributed by atoms with Gasteiger partial charge < -0.3 is 4.90 Å². The van der Waals surface area contributed by atoms with Crippen molar-refractivity contribution >= 4 is 16.9 Å². The van der Waals surface area contributed by atoms with E-state index >= 15 is 0 Å². The summed E-state index contributed by atoms with van der Waals surface area (Å²) in [5, 5.41) is 0.685. The van der Waals surface area contributed by atoms with Gasteiger partial charge in [-0.3, -0.25) is 14.2 Å². The largest absolute Gasteiger partial charge is 0.338 e. The number of pyridine rings is 2. The average molecular weight is 393 g/mol. The molecule has 6 heteroatoms. The van der Waals surface area contributed by atoms with Crippen molar-refractivity contribution in [2.45, 2.75) is 26.8 Å². The van der Waals surface area contributed by atoms with Crippen LogP contribution in [0.1, 0.15) is 36.2 Å². The van der Waals surface area contributed by atoms with Crippen molar-refractivity contribution in [3.63, 3.8) is 0 Å². The Bertz CT molecular complexity index is 1110. The van der Waals surface area contributed by atoms with E-state index in [0.717, 1.165) is 6.42 Å². The molecule has 0 spiro atoms. The Hall–Kier alpha value is -3.02. The number of piperidine rings is 1. The van der Waals surface area contributed by atoms with E-state index in [1.54, 1.807) is 41.4 Å². The number of benzene rings is 1. The van der Waals surface area contributed by atoms with Crippen LogP contribution < -0.4 is 5.56 Å². The molecule has 0 unspecified atom stereocenters.